The Morgan fingerprint density at radius 2 is 1.62 bits per heavy atom. The van der Waals surface area contributed by atoms with E-state index in [-0.39, 0.29) is 18.4 Å². The lowest BCUT2D eigenvalue weighted by Gasteiger charge is -2.10. The average Bonchev–Trinajstić information content (AvgIpc) is 2.72. The van der Waals surface area contributed by atoms with Crippen molar-refractivity contribution in [1.29, 1.82) is 0 Å². The Balaban J connectivity index is 1.49. The fourth-order valence-corrected chi connectivity index (χ4v) is 2.89. The molecule has 5 nitrogen and oxygen atoms in total. The number of rotatable bonds is 7. The predicted molar refractivity (Wildman–Crippen MR) is 114 cm³/mol. The highest BCUT2D eigenvalue weighted by Crippen LogP contribution is 2.18. The first-order valence-electron chi connectivity index (χ1n) is 9.43. The van der Waals surface area contributed by atoms with Crippen LogP contribution in [0.2, 0.25) is 0 Å². The standard InChI is InChI=1S/C24H24N2O3/c1-17-8-13-22(18(2)14-17)29-16-23(27)26-21-11-9-20(10-12-21)24(28)25-15-19-6-4-3-5-7-19/h3-14H,15-16H2,1-2H3,(H,25,28)(H,26,27). The summed E-state index contributed by atoms with van der Waals surface area (Å²) >= 11 is 0. The highest BCUT2D eigenvalue weighted by atomic mass is 16.5. The molecule has 0 aromatic heterocycles. The molecule has 3 aromatic carbocycles. The normalized spacial score (nSPS) is 10.3. The molecule has 0 bridgehead atoms. The number of nitrogens with one attached hydrogen (secondary N) is 2. The number of benzene rings is 3. The van der Waals surface area contributed by atoms with Crippen LogP contribution in [0.5, 0.6) is 5.75 Å². The molecule has 148 valence electrons. The average molecular weight is 388 g/mol. The van der Waals surface area contributed by atoms with Crippen molar-refractivity contribution in [3.8, 4) is 5.75 Å². The van der Waals surface area contributed by atoms with E-state index in [1.54, 1.807) is 24.3 Å². The summed E-state index contributed by atoms with van der Waals surface area (Å²) in [6, 6.07) is 22.3. The van der Waals surface area contributed by atoms with Gasteiger partial charge in [0.05, 0.1) is 0 Å². The minimum absolute atomic E-state index is 0.0801. The number of carbonyl (C=O) groups is 2. The lowest BCUT2D eigenvalue weighted by atomic mass is 10.1. The van der Waals surface area contributed by atoms with Crippen LogP contribution in [0, 0.1) is 13.8 Å². The van der Waals surface area contributed by atoms with Gasteiger partial charge in [-0.2, -0.15) is 0 Å². The Hall–Kier alpha value is -3.60. The molecule has 29 heavy (non-hydrogen) atoms. The summed E-state index contributed by atoms with van der Waals surface area (Å²) in [5.41, 5.74) is 4.31. The first kappa shape index (κ1) is 20.1. The van der Waals surface area contributed by atoms with E-state index in [2.05, 4.69) is 10.6 Å². The number of carbonyl (C=O) groups excluding carboxylic acids is 2. The van der Waals surface area contributed by atoms with Gasteiger partial charge in [-0.1, -0.05) is 48.0 Å². The van der Waals surface area contributed by atoms with Crippen LogP contribution >= 0.6 is 0 Å². The number of ether oxygens (including phenoxy) is 1. The van der Waals surface area contributed by atoms with Crippen molar-refractivity contribution in [2.45, 2.75) is 20.4 Å². The lowest BCUT2D eigenvalue weighted by Crippen LogP contribution is -2.23. The number of amides is 2. The SMILES string of the molecule is Cc1ccc(OCC(=O)Nc2ccc(C(=O)NCc3ccccc3)cc2)c(C)c1. The number of hydrogen-bond acceptors (Lipinski definition) is 3. The Bertz CT molecular complexity index is 983. The molecule has 0 spiro atoms. The van der Waals surface area contributed by atoms with Gasteiger partial charge < -0.3 is 15.4 Å². The molecular weight excluding hydrogens is 364 g/mol. The Kier molecular flexibility index (Phi) is 6.63. The van der Waals surface area contributed by atoms with E-state index in [1.807, 2.05) is 62.4 Å². The summed E-state index contributed by atoms with van der Waals surface area (Å²) in [7, 11) is 0. The van der Waals surface area contributed by atoms with Crippen molar-refractivity contribution in [3.63, 3.8) is 0 Å². The third kappa shape index (κ3) is 5.94. The van der Waals surface area contributed by atoms with Crippen LogP contribution < -0.4 is 15.4 Å². The molecule has 0 unspecified atom stereocenters. The minimum Gasteiger partial charge on any atom is -0.483 e. The van der Waals surface area contributed by atoms with Gasteiger partial charge in [0.1, 0.15) is 5.75 Å². The van der Waals surface area contributed by atoms with Gasteiger partial charge in [-0.25, -0.2) is 0 Å². The van der Waals surface area contributed by atoms with Gasteiger partial charge in [-0.3, -0.25) is 9.59 Å². The Morgan fingerprint density at radius 1 is 0.897 bits per heavy atom. The van der Waals surface area contributed by atoms with Crippen molar-refractivity contribution < 1.29 is 14.3 Å². The summed E-state index contributed by atoms with van der Waals surface area (Å²) in [6.07, 6.45) is 0. The Morgan fingerprint density at radius 3 is 2.31 bits per heavy atom. The van der Waals surface area contributed by atoms with E-state index < -0.39 is 0 Å². The van der Waals surface area contributed by atoms with Gasteiger partial charge in [0.25, 0.3) is 11.8 Å². The van der Waals surface area contributed by atoms with Crippen LogP contribution in [-0.2, 0) is 11.3 Å². The Labute approximate surface area is 170 Å². The van der Waals surface area contributed by atoms with Crippen LogP contribution in [0.25, 0.3) is 0 Å². The number of aryl methyl sites for hydroxylation is 2. The van der Waals surface area contributed by atoms with Crippen molar-refractivity contribution in [2.24, 2.45) is 0 Å². The summed E-state index contributed by atoms with van der Waals surface area (Å²) in [6.45, 7) is 4.34. The molecule has 0 radical (unpaired) electrons. The van der Waals surface area contributed by atoms with Gasteiger partial charge in [0.15, 0.2) is 6.61 Å². The molecule has 2 amide bonds. The molecule has 0 saturated heterocycles. The van der Waals surface area contributed by atoms with Gasteiger partial charge >= 0.3 is 0 Å². The zero-order chi connectivity index (χ0) is 20.6. The van der Waals surface area contributed by atoms with Crippen LogP contribution in [-0.4, -0.2) is 18.4 Å². The number of hydrogen-bond donors (Lipinski definition) is 2. The van der Waals surface area contributed by atoms with E-state index in [9.17, 15) is 9.59 Å². The quantitative estimate of drug-likeness (QED) is 0.636. The van der Waals surface area contributed by atoms with E-state index in [1.165, 1.54) is 0 Å². The topological polar surface area (TPSA) is 67.4 Å². The maximum atomic E-state index is 12.2. The lowest BCUT2D eigenvalue weighted by molar-refractivity contribution is -0.118. The molecule has 2 N–H and O–H groups in total. The van der Waals surface area contributed by atoms with Crippen LogP contribution in [0.4, 0.5) is 5.69 Å². The molecule has 3 rings (SSSR count). The van der Waals surface area contributed by atoms with Gasteiger partial charge in [0, 0.05) is 17.8 Å². The monoisotopic (exact) mass is 388 g/mol. The zero-order valence-electron chi connectivity index (χ0n) is 16.6. The van der Waals surface area contributed by atoms with Gasteiger partial charge in [-0.15, -0.1) is 0 Å². The highest BCUT2D eigenvalue weighted by molar-refractivity contribution is 5.96. The second-order valence-corrected chi connectivity index (χ2v) is 6.85. The first-order chi connectivity index (χ1) is 14.0. The molecular formula is C24H24N2O3. The molecule has 0 fully saturated rings. The summed E-state index contributed by atoms with van der Waals surface area (Å²) < 4.78 is 5.59. The maximum Gasteiger partial charge on any atom is 0.262 e. The third-order valence-corrected chi connectivity index (χ3v) is 4.42. The smallest absolute Gasteiger partial charge is 0.262 e. The summed E-state index contributed by atoms with van der Waals surface area (Å²) in [4.78, 5) is 24.4. The first-order valence-corrected chi connectivity index (χ1v) is 9.43. The minimum atomic E-state index is -0.258. The molecule has 0 aliphatic heterocycles. The van der Waals surface area contributed by atoms with Crippen molar-refractivity contribution in [2.75, 3.05) is 11.9 Å². The van der Waals surface area contributed by atoms with E-state index >= 15 is 0 Å². The van der Waals surface area contributed by atoms with E-state index in [0.717, 1.165) is 16.7 Å². The molecule has 3 aromatic rings. The van der Waals surface area contributed by atoms with Crippen molar-refractivity contribution in [1.82, 2.24) is 5.32 Å². The second-order valence-electron chi connectivity index (χ2n) is 6.85. The molecule has 0 aliphatic carbocycles. The highest BCUT2D eigenvalue weighted by Gasteiger charge is 2.08. The maximum absolute atomic E-state index is 12.2. The van der Waals surface area contributed by atoms with Crippen LogP contribution in [0.15, 0.2) is 72.8 Å². The second kappa shape index (κ2) is 9.55. The van der Waals surface area contributed by atoms with Gasteiger partial charge in [0.2, 0.25) is 0 Å². The largest absolute Gasteiger partial charge is 0.483 e. The molecule has 0 aliphatic rings. The van der Waals surface area contributed by atoms with E-state index in [4.69, 9.17) is 4.74 Å². The van der Waals surface area contributed by atoms with Crippen LogP contribution in [0.1, 0.15) is 27.0 Å². The summed E-state index contributed by atoms with van der Waals surface area (Å²) in [5.74, 6) is 0.271. The van der Waals surface area contributed by atoms with Gasteiger partial charge in [-0.05, 0) is 55.3 Å². The molecule has 0 atom stereocenters. The fourth-order valence-electron chi connectivity index (χ4n) is 2.89. The zero-order valence-corrected chi connectivity index (χ0v) is 16.6. The predicted octanol–water partition coefficient (Wildman–Crippen LogP) is 4.25. The van der Waals surface area contributed by atoms with E-state index in [0.29, 0.717) is 23.5 Å². The summed E-state index contributed by atoms with van der Waals surface area (Å²) in [5, 5.41) is 5.65. The van der Waals surface area contributed by atoms with Crippen molar-refractivity contribution in [3.05, 3.63) is 95.1 Å². The number of anilines is 1. The molecule has 0 saturated carbocycles. The van der Waals surface area contributed by atoms with Crippen LogP contribution in [0.3, 0.4) is 0 Å². The third-order valence-electron chi connectivity index (χ3n) is 4.42. The molecule has 5 heteroatoms. The fraction of sp³-hybridized carbons (Fsp3) is 0.167. The molecule has 0 heterocycles. The van der Waals surface area contributed by atoms with Crippen molar-refractivity contribution >= 4 is 17.5 Å².